The maximum absolute atomic E-state index is 5.24. The van der Waals surface area contributed by atoms with E-state index in [2.05, 4.69) is 21.9 Å². The molecule has 0 amide bonds. The van der Waals surface area contributed by atoms with Crippen molar-refractivity contribution in [2.45, 2.75) is 32.5 Å². The summed E-state index contributed by atoms with van der Waals surface area (Å²) in [6, 6.07) is 0. The van der Waals surface area contributed by atoms with Gasteiger partial charge in [0.2, 0.25) is 0 Å². The van der Waals surface area contributed by atoms with Gasteiger partial charge in [-0.1, -0.05) is 20.6 Å². The summed E-state index contributed by atoms with van der Waals surface area (Å²) in [6.07, 6.45) is 5.16. The molecule has 0 heterocycles. The summed E-state index contributed by atoms with van der Waals surface area (Å²) >= 11 is 0. The number of rotatable bonds is 9. The molecule has 0 aromatic rings. The van der Waals surface area contributed by atoms with Crippen molar-refractivity contribution < 1.29 is 14.0 Å². The van der Waals surface area contributed by atoms with Gasteiger partial charge in [0.05, 0.1) is 6.61 Å². The Labute approximate surface area is 96.9 Å². The SMILES string of the molecule is COC(CCCC(C)=CCOPP)OC. The zero-order valence-corrected chi connectivity index (χ0v) is 11.9. The van der Waals surface area contributed by atoms with Crippen molar-refractivity contribution in [3.8, 4) is 0 Å². The second-order valence-corrected chi connectivity index (χ2v) is 4.50. The molecule has 0 aliphatic heterocycles. The largest absolute Gasteiger partial charge is 0.356 e. The van der Waals surface area contributed by atoms with Crippen molar-refractivity contribution >= 4 is 17.4 Å². The lowest BCUT2D eigenvalue weighted by Crippen LogP contribution is -2.12. The summed E-state index contributed by atoms with van der Waals surface area (Å²) in [6.45, 7) is 2.84. The van der Waals surface area contributed by atoms with Crippen LogP contribution in [-0.2, 0) is 14.0 Å². The van der Waals surface area contributed by atoms with E-state index < -0.39 is 0 Å². The van der Waals surface area contributed by atoms with Crippen LogP contribution in [0, 0.1) is 0 Å². The van der Waals surface area contributed by atoms with E-state index in [1.807, 2.05) is 0 Å². The average molecular weight is 252 g/mol. The number of ether oxygens (including phenoxy) is 2. The first-order valence-electron chi connectivity index (χ1n) is 5.03. The minimum Gasteiger partial charge on any atom is -0.356 e. The molecule has 0 bridgehead atoms. The standard InChI is InChI=1S/C10H22O3P2/c1-9(7-8-13-15-14)5-4-6-10(11-2)12-3/h7,10,15H,4-6,8,14H2,1-3H3. The molecule has 0 saturated carbocycles. The predicted octanol–water partition coefficient (Wildman–Crippen LogP) is 3.12. The molecule has 0 rings (SSSR count). The molecule has 0 fully saturated rings. The van der Waals surface area contributed by atoms with Crippen LogP contribution in [0.15, 0.2) is 11.6 Å². The van der Waals surface area contributed by atoms with Crippen molar-refractivity contribution in [3.63, 3.8) is 0 Å². The maximum Gasteiger partial charge on any atom is 0.156 e. The lowest BCUT2D eigenvalue weighted by atomic mass is 10.1. The topological polar surface area (TPSA) is 27.7 Å². The van der Waals surface area contributed by atoms with Gasteiger partial charge in [-0.2, -0.15) is 0 Å². The molecule has 15 heavy (non-hydrogen) atoms. The maximum atomic E-state index is 5.24. The first kappa shape index (κ1) is 15.5. The molecule has 0 radical (unpaired) electrons. The predicted molar refractivity (Wildman–Crippen MR) is 69.4 cm³/mol. The van der Waals surface area contributed by atoms with E-state index in [1.54, 1.807) is 14.2 Å². The van der Waals surface area contributed by atoms with Crippen molar-refractivity contribution in [1.29, 1.82) is 0 Å². The Hall–Kier alpha value is 0.480. The van der Waals surface area contributed by atoms with Crippen LogP contribution in [0.3, 0.4) is 0 Å². The second kappa shape index (κ2) is 11.0. The van der Waals surface area contributed by atoms with Gasteiger partial charge in [0.25, 0.3) is 0 Å². The first-order chi connectivity index (χ1) is 7.24. The number of allylic oxidation sites excluding steroid dienone is 1. The fraction of sp³-hybridized carbons (Fsp3) is 0.800. The van der Waals surface area contributed by atoms with E-state index in [1.165, 1.54) is 5.57 Å². The van der Waals surface area contributed by atoms with Gasteiger partial charge in [-0.05, 0) is 26.2 Å². The van der Waals surface area contributed by atoms with Gasteiger partial charge in [-0.3, -0.25) is 0 Å². The molecule has 2 atom stereocenters. The molecule has 0 aromatic heterocycles. The third-order valence-corrected chi connectivity index (χ3v) is 2.97. The zero-order chi connectivity index (χ0) is 11.5. The Morgan fingerprint density at radius 3 is 2.60 bits per heavy atom. The summed E-state index contributed by atoms with van der Waals surface area (Å²) in [5.41, 5.74) is 1.37. The molecule has 0 N–H and O–H groups in total. The molecular weight excluding hydrogens is 230 g/mol. The van der Waals surface area contributed by atoms with Gasteiger partial charge in [-0.25, -0.2) is 0 Å². The van der Waals surface area contributed by atoms with E-state index in [4.69, 9.17) is 14.0 Å². The van der Waals surface area contributed by atoms with Crippen LogP contribution in [-0.4, -0.2) is 27.1 Å². The normalized spacial score (nSPS) is 13.3. The van der Waals surface area contributed by atoms with Gasteiger partial charge in [0.1, 0.15) is 0 Å². The molecule has 90 valence electrons. The van der Waals surface area contributed by atoms with Crippen LogP contribution < -0.4 is 0 Å². The van der Waals surface area contributed by atoms with Crippen LogP contribution in [0.1, 0.15) is 26.2 Å². The number of hydrogen-bond donors (Lipinski definition) is 0. The fourth-order valence-corrected chi connectivity index (χ4v) is 1.68. The summed E-state index contributed by atoms with van der Waals surface area (Å²) in [5, 5.41) is 0. The van der Waals surface area contributed by atoms with E-state index in [0.717, 1.165) is 19.3 Å². The highest BCUT2D eigenvalue weighted by Gasteiger charge is 2.03. The monoisotopic (exact) mass is 252 g/mol. The van der Waals surface area contributed by atoms with Gasteiger partial charge in [0.15, 0.2) is 6.29 Å². The minimum absolute atomic E-state index is 0.0671. The highest BCUT2D eigenvalue weighted by atomic mass is 32.0. The second-order valence-electron chi connectivity index (χ2n) is 3.27. The molecule has 0 aliphatic carbocycles. The third kappa shape index (κ3) is 9.41. The molecule has 2 unspecified atom stereocenters. The van der Waals surface area contributed by atoms with Gasteiger partial charge in [0, 0.05) is 22.7 Å². The Kier molecular flexibility index (Phi) is 11.3. The summed E-state index contributed by atoms with van der Waals surface area (Å²) in [5.74, 6) is 0. The summed E-state index contributed by atoms with van der Waals surface area (Å²) in [4.78, 5) is 0. The lowest BCUT2D eigenvalue weighted by molar-refractivity contribution is -0.106. The van der Waals surface area contributed by atoms with Crippen LogP contribution in [0.4, 0.5) is 0 Å². The van der Waals surface area contributed by atoms with Crippen LogP contribution >= 0.6 is 17.4 Å². The van der Waals surface area contributed by atoms with Crippen molar-refractivity contribution in [2.24, 2.45) is 0 Å². The van der Waals surface area contributed by atoms with Gasteiger partial charge < -0.3 is 14.0 Å². The Balaban J connectivity index is 3.52. The Morgan fingerprint density at radius 1 is 1.40 bits per heavy atom. The number of hydrogen-bond acceptors (Lipinski definition) is 3. The zero-order valence-electron chi connectivity index (χ0n) is 9.79. The first-order valence-corrected chi connectivity index (χ1v) is 7.75. The van der Waals surface area contributed by atoms with Gasteiger partial charge in [-0.15, -0.1) is 0 Å². The van der Waals surface area contributed by atoms with Crippen LogP contribution in [0.2, 0.25) is 0 Å². The van der Waals surface area contributed by atoms with E-state index in [-0.39, 0.29) is 6.29 Å². The average Bonchev–Trinajstić information content (AvgIpc) is 2.25. The molecule has 0 aromatic carbocycles. The van der Waals surface area contributed by atoms with Crippen molar-refractivity contribution in [2.75, 3.05) is 20.8 Å². The highest BCUT2D eigenvalue weighted by molar-refractivity contribution is 8.00. The molecular formula is C10H22O3P2. The Morgan fingerprint density at radius 2 is 2.07 bits per heavy atom. The van der Waals surface area contributed by atoms with Crippen LogP contribution in [0.25, 0.3) is 0 Å². The lowest BCUT2D eigenvalue weighted by Gasteiger charge is -2.12. The third-order valence-electron chi connectivity index (χ3n) is 2.14. The smallest absolute Gasteiger partial charge is 0.156 e. The molecule has 0 saturated heterocycles. The van der Waals surface area contributed by atoms with Gasteiger partial charge >= 0.3 is 0 Å². The Bertz CT molecular complexity index is 170. The number of methoxy groups -OCH3 is 2. The summed E-state index contributed by atoms with van der Waals surface area (Å²) < 4.78 is 15.5. The fourth-order valence-electron chi connectivity index (χ4n) is 1.21. The molecule has 0 spiro atoms. The molecule has 0 aliphatic rings. The highest BCUT2D eigenvalue weighted by Crippen LogP contribution is 2.21. The van der Waals surface area contributed by atoms with E-state index in [0.29, 0.717) is 15.1 Å². The molecule has 3 nitrogen and oxygen atoms in total. The van der Waals surface area contributed by atoms with Crippen molar-refractivity contribution in [3.05, 3.63) is 11.6 Å². The summed E-state index contributed by atoms with van der Waals surface area (Å²) in [7, 11) is 6.40. The van der Waals surface area contributed by atoms with Crippen molar-refractivity contribution in [1.82, 2.24) is 0 Å². The van der Waals surface area contributed by atoms with Crippen LogP contribution in [0.5, 0.6) is 0 Å². The van der Waals surface area contributed by atoms with E-state index >= 15 is 0 Å². The van der Waals surface area contributed by atoms with E-state index in [9.17, 15) is 0 Å². The minimum atomic E-state index is -0.0671. The molecule has 5 heteroatoms. The quantitative estimate of drug-likeness (QED) is 0.273.